The van der Waals surface area contributed by atoms with Crippen LogP contribution in [0.15, 0.2) is 45.5 Å². The lowest BCUT2D eigenvalue weighted by atomic mass is 10.1. The molecule has 100 valence electrons. The first-order valence-electron chi connectivity index (χ1n) is 5.84. The molecular weight excluding hydrogens is 330 g/mol. The van der Waals surface area contributed by atoms with Crippen LogP contribution in [0.25, 0.3) is 0 Å². The Hall–Kier alpha value is -1.26. The first kappa shape index (κ1) is 14.2. The summed E-state index contributed by atoms with van der Waals surface area (Å²) in [4.78, 5) is 12.1. The Morgan fingerprint density at radius 1 is 1.47 bits per heavy atom. The SMILES string of the molecule is CC(Cc1ccco1)NC(=O)c1ccc(Cl)cc1Br. The Morgan fingerprint density at radius 3 is 2.89 bits per heavy atom. The number of nitrogens with one attached hydrogen (secondary N) is 1. The lowest BCUT2D eigenvalue weighted by Crippen LogP contribution is -2.34. The monoisotopic (exact) mass is 341 g/mol. The van der Waals surface area contributed by atoms with Gasteiger partial charge >= 0.3 is 0 Å². The average Bonchev–Trinajstić information content (AvgIpc) is 2.81. The van der Waals surface area contributed by atoms with Gasteiger partial charge in [0.2, 0.25) is 0 Å². The second-order valence-electron chi connectivity index (χ2n) is 4.28. The lowest BCUT2D eigenvalue weighted by molar-refractivity contribution is 0.0938. The predicted molar refractivity (Wildman–Crippen MR) is 78.5 cm³/mol. The molecule has 1 heterocycles. The van der Waals surface area contributed by atoms with Crippen molar-refractivity contribution in [1.82, 2.24) is 5.32 Å². The number of carbonyl (C=O) groups is 1. The predicted octanol–water partition coefficient (Wildman–Crippen LogP) is 4.06. The van der Waals surface area contributed by atoms with Crippen molar-refractivity contribution >= 4 is 33.4 Å². The molecule has 1 amide bonds. The molecule has 19 heavy (non-hydrogen) atoms. The summed E-state index contributed by atoms with van der Waals surface area (Å²) >= 11 is 9.18. The highest BCUT2D eigenvalue weighted by Gasteiger charge is 2.14. The van der Waals surface area contributed by atoms with Gasteiger partial charge in [-0.1, -0.05) is 11.6 Å². The summed E-state index contributed by atoms with van der Waals surface area (Å²) in [7, 11) is 0. The van der Waals surface area contributed by atoms with Gasteiger partial charge in [-0.2, -0.15) is 0 Å². The molecular formula is C14H13BrClNO2. The summed E-state index contributed by atoms with van der Waals surface area (Å²) in [5.74, 6) is 0.713. The molecule has 1 atom stereocenters. The fraction of sp³-hybridized carbons (Fsp3) is 0.214. The molecule has 2 aromatic rings. The van der Waals surface area contributed by atoms with Crippen LogP contribution in [-0.2, 0) is 6.42 Å². The van der Waals surface area contributed by atoms with Gasteiger partial charge in [-0.3, -0.25) is 4.79 Å². The van der Waals surface area contributed by atoms with Crippen molar-refractivity contribution < 1.29 is 9.21 Å². The number of hydrogen-bond acceptors (Lipinski definition) is 2. The van der Waals surface area contributed by atoms with E-state index >= 15 is 0 Å². The van der Waals surface area contributed by atoms with Gasteiger partial charge in [0.15, 0.2) is 0 Å². The van der Waals surface area contributed by atoms with E-state index in [0.717, 1.165) is 5.76 Å². The van der Waals surface area contributed by atoms with E-state index in [4.69, 9.17) is 16.0 Å². The quantitative estimate of drug-likeness (QED) is 0.910. The molecule has 1 unspecified atom stereocenters. The molecule has 0 radical (unpaired) electrons. The van der Waals surface area contributed by atoms with E-state index in [2.05, 4.69) is 21.2 Å². The zero-order valence-electron chi connectivity index (χ0n) is 10.3. The van der Waals surface area contributed by atoms with E-state index in [1.165, 1.54) is 0 Å². The van der Waals surface area contributed by atoms with Gasteiger partial charge in [-0.05, 0) is 53.2 Å². The first-order chi connectivity index (χ1) is 9.06. The van der Waals surface area contributed by atoms with Crippen molar-refractivity contribution in [2.45, 2.75) is 19.4 Å². The van der Waals surface area contributed by atoms with Gasteiger partial charge in [-0.25, -0.2) is 0 Å². The molecule has 5 heteroatoms. The normalized spacial score (nSPS) is 12.2. The number of benzene rings is 1. The Morgan fingerprint density at radius 2 is 2.26 bits per heavy atom. The van der Waals surface area contributed by atoms with Crippen molar-refractivity contribution in [2.75, 3.05) is 0 Å². The number of hydrogen-bond donors (Lipinski definition) is 1. The van der Waals surface area contributed by atoms with E-state index in [-0.39, 0.29) is 11.9 Å². The summed E-state index contributed by atoms with van der Waals surface area (Å²) in [5, 5.41) is 3.51. The zero-order chi connectivity index (χ0) is 13.8. The Kier molecular flexibility index (Phi) is 4.66. The highest BCUT2D eigenvalue weighted by atomic mass is 79.9. The average molecular weight is 343 g/mol. The third-order valence-corrected chi connectivity index (χ3v) is 3.53. The van der Waals surface area contributed by atoms with Crippen LogP contribution in [0.5, 0.6) is 0 Å². The van der Waals surface area contributed by atoms with Gasteiger partial charge in [-0.15, -0.1) is 0 Å². The molecule has 0 saturated heterocycles. The summed E-state index contributed by atoms with van der Waals surface area (Å²) in [6.07, 6.45) is 2.28. The minimum atomic E-state index is -0.136. The van der Waals surface area contributed by atoms with E-state index < -0.39 is 0 Å². The van der Waals surface area contributed by atoms with E-state index in [9.17, 15) is 4.79 Å². The van der Waals surface area contributed by atoms with Gasteiger partial charge in [0.25, 0.3) is 5.91 Å². The molecule has 2 rings (SSSR count). The summed E-state index contributed by atoms with van der Waals surface area (Å²) in [6.45, 7) is 1.93. The number of halogens is 2. The van der Waals surface area contributed by atoms with Crippen molar-refractivity contribution in [1.29, 1.82) is 0 Å². The van der Waals surface area contributed by atoms with Crippen LogP contribution in [0.3, 0.4) is 0 Å². The zero-order valence-corrected chi connectivity index (χ0v) is 12.7. The van der Waals surface area contributed by atoms with Gasteiger partial charge in [0, 0.05) is 22.0 Å². The molecule has 0 aliphatic carbocycles. The highest BCUT2D eigenvalue weighted by molar-refractivity contribution is 9.10. The van der Waals surface area contributed by atoms with Crippen molar-refractivity contribution in [2.24, 2.45) is 0 Å². The maximum absolute atomic E-state index is 12.1. The minimum Gasteiger partial charge on any atom is -0.469 e. The highest BCUT2D eigenvalue weighted by Crippen LogP contribution is 2.21. The fourth-order valence-electron chi connectivity index (χ4n) is 1.76. The second-order valence-corrected chi connectivity index (χ2v) is 5.57. The summed E-state index contributed by atoms with van der Waals surface area (Å²) in [5.41, 5.74) is 0.565. The molecule has 0 aliphatic heterocycles. The largest absolute Gasteiger partial charge is 0.469 e. The second kappa shape index (κ2) is 6.26. The molecule has 0 fully saturated rings. The van der Waals surface area contributed by atoms with Crippen LogP contribution < -0.4 is 5.32 Å². The number of furan rings is 1. The molecule has 1 aromatic carbocycles. The standard InChI is InChI=1S/C14H13BrClNO2/c1-9(7-11-3-2-6-19-11)17-14(18)12-5-4-10(16)8-13(12)15/h2-6,8-9H,7H2,1H3,(H,17,18). The van der Waals surface area contributed by atoms with Crippen molar-refractivity contribution in [3.05, 3.63) is 57.4 Å². The van der Waals surface area contributed by atoms with Crippen LogP contribution in [-0.4, -0.2) is 11.9 Å². The minimum absolute atomic E-state index is 0.0128. The molecule has 0 saturated carbocycles. The van der Waals surface area contributed by atoms with Crippen LogP contribution >= 0.6 is 27.5 Å². The molecule has 0 spiro atoms. The maximum Gasteiger partial charge on any atom is 0.252 e. The number of carbonyl (C=O) groups excluding carboxylic acids is 1. The Labute approximate surface area is 125 Å². The lowest BCUT2D eigenvalue weighted by Gasteiger charge is -2.13. The van der Waals surface area contributed by atoms with Gasteiger partial charge < -0.3 is 9.73 Å². The first-order valence-corrected chi connectivity index (χ1v) is 7.01. The molecule has 3 nitrogen and oxygen atoms in total. The van der Waals surface area contributed by atoms with Crippen molar-refractivity contribution in [3.8, 4) is 0 Å². The molecule has 0 bridgehead atoms. The van der Waals surface area contributed by atoms with Crippen LogP contribution in [0.4, 0.5) is 0 Å². The fourth-order valence-corrected chi connectivity index (χ4v) is 2.62. The summed E-state index contributed by atoms with van der Waals surface area (Å²) in [6, 6.07) is 8.80. The number of amides is 1. The Balaban J connectivity index is 2.00. The Bertz CT molecular complexity index is 569. The number of rotatable bonds is 4. The van der Waals surface area contributed by atoms with Gasteiger partial charge in [0.1, 0.15) is 5.76 Å². The summed E-state index contributed by atoms with van der Waals surface area (Å²) < 4.78 is 5.94. The topological polar surface area (TPSA) is 42.2 Å². The van der Waals surface area contributed by atoms with Crippen LogP contribution in [0, 0.1) is 0 Å². The molecule has 1 N–H and O–H groups in total. The van der Waals surface area contributed by atoms with E-state index in [0.29, 0.717) is 21.5 Å². The van der Waals surface area contributed by atoms with Gasteiger partial charge in [0.05, 0.1) is 11.8 Å². The maximum atomic E-state index is 12.1. The van der Waals surface area contributed by atoms with E-state index in [1.54, 1.807) is 24.5 Å². The molecule has 0 aliphatic rings. The van der Waals surface area contributed by atoms with Crippen LogP contribution in [0.1, 0.15) is 23.0 Å². The van der Waals surface area contributed by atoms with Crippen LogP contribution in [0.2, 0.25) is 5.02 Å². The smallest absolute Gasteiger partial charge is 0.252 e. The molecule has 1 aromatic heterocycles. The third kappa shape index (κ3) is 3.85. The van der Waals surface area contributed by atoms with Crippen molar-refractivity contribution in [3.63, 3.8) is 0 Å². The third-order valence-electron chi connectivity index (χ3n) is 2.64. The van der Waals surface area contributed by atoms with E-state index in [1.807, 2.05) is 19.1 Å².